The molecule has 1 fully saturated rings. The molecule has 1 aliphatic heterocycles. The first kappa shape index (κ1) is 16.2. The predicted octanol–water partition coefficient (Wildman–Crippen LogP) is 1.92. The Morgan fingerprint density at radius 3 is 3.05 bits per heavy atom. The number of carbonyl (C=O) groups is 2. The van der Waals surface area contributed by atoms with Gasteiger partial charge in [0.1, 0.15) is 5.03 Å². The first-order valence-corrected chi connectivity index (χ1v) is 8.89. The fourth-order valence-electron chi connectivity index (χ4n) is 2.18. The number of pyridine rings is 1. The van der Waals surface area contributed by atoms with Crippen LogP contribution in [0.25, 0.3) is 0 Å². The maximum atomic E-state index is 12.5. The second-order valence-electron chi connectivity index (χ2n) is 4.61. The van der Waals surface area contributed by atoms with E-state index in [0.29, 0.717) is 23.1 Å². The lowest BCUT2D eigenvalue weighted by Gasteiger charge is -2.17. The number of carbonyl (C=O) groups excluding carboxylic acids is 2. The first-order chi connectivity index (χ1) is 10.2. The van der Waals surface area contributed by atoms with Gasteiger partial charge in [-0.05, 0) is 24.8 Å². The van der Waals surface area contributed by atoms with Crippen molar-refractivity contribution in [2.24, 2.45) is 0 Å². The number of rotatable bonds is 5. The van der Waals surface area contributed by atoms with Crippen LogP contribution >= 0.6 is 23.5 Å². The minimum Gasteiger partial charge on any atom is -0.468 e. The Bertz CT molecular complexity index is 525. The molecule has 7 heteroatoms. The highest BCUT2D eigenvalue weighted by atomic mass is 32.2. The number of likely N-dealkylation sites (tertiary alicyclic amines) is 1. The lowest BCUT2D eigenvalue weighted by atomic mass is 10.2. The van der Waals surface area contributed by atoms with Gasteiger partial charge in [-0.1, -0.05) is 0 Å². The Labute approximate surface area is 132 Å². The monoisotopic (exact) mass is 326 g/mol. The smallest absolute Gasteiger partial charge is 0.315 e. The highest BCUT2D eigenvalue weighted by Crippen LogP contribution is 2.26. The molecule has 0 bridgehead atoms. The first-order valence-electron chi connectivity index (χ1n) is 6.62. The largest absolute Gasteiger partial charge is 0.468 e. The van der Waals surface area contributed by atoms with E-state index in [2.05, 4.69) is 9.72 Å². The van der Waals surface area contributed by atoms with Gasteiger partial charge in [0.25, 0.3) is 5.91 Å². The third kappa shape index (κ3) is 4.14. The normalized spacial score (nSPS) is 17.8. The molecule has 1 atom stereocenters. The number of hydrogen-bond acceptors (Lipinski definition) is 6. The van der Waals surface area contributed by atoms with Gasteiger partial charge in [0, 0.05) is 24.5 Å². The van der Waals surface area contributed by atoms with Gasteiger partial charge < -0.3 is 9.64 Å². The van der Waals surface area contributed by atoms with Crippen molar-refractivity contribution >= 4 is 35.4 Å². The molecule has 2 rings (SSSR count). The summed E-state index contributed by atoms with van der Waals surface area (Å²) in [6, 6.07) is 3.60. The molecule has 114 valence electrons. The summed E-state index contributed by atoms with van der Waals surface area (Å²) in [7, 11) is 1.39. The Kier molecular flexibility index (Phi) is 5.93. The second kappa shape index (κ2) is 7.70. The number of nitrogens with zero attached hydrogens (tertiary/aromatic N) is 2. The van der Waals surface area contributed by atoms with Crippen molar-refractivity contribution in [2.45, 2.75) is 16.7 Å². The fraction of sp³-hybridized carbons (Fsp3) is 0.500. The number of esters is 1. The molecule has 1 amide bonds. The summed E-state index contributed by atoms with van der Waals surface area (Å²) in [4.78, 5) is 29.8. The highest BCUT2D eigenvalue weighted by Gasteiger charge is 2.28. The van der Waals surface area contributed by atoms with Gasteiger partial charge in [-0.25, -0.2) is 4.98 Å². The number of aromatic nitrogens is 1. The van der Waals surface area contributed by atoms with Crippen LogP contribution in [0.5, 0.6) is 0 Å². The van der Waals surface area contributed by atoms with Gasteiger partial charge in [0.15, 0.2) is 0 Å². The molecule has 1 aliphatic rings. The van der Waals surface area contributed by atoms with E-state index in [1.807, 2.05) is 17.2 Å². The lowest BCUT2D eigenvalue weighted by molar-refractivity contribution is -0.137. The van der Waals surface area contributed by atoms with Crippen LogP contribution in [-0.4, -0.2) is 59.2 Å². The third-order valence-electron chi connectivity index (χ3n) is 3.29. The van der Waals surface area contributed by atoms with Gasteiger partial charge in [-0.2, -0.15) is 0 Å². The van der Waals surface area contributed by atoms with Crippen molar-refractivity contribution in [3.8, 4) is 0 Å². The summed E-state index contributed by atoms with van der Waals surface area (Å²) < 4.78 is 4.63. The van der Waals surface area contributed by atoms with Crippen molar-refractivity contribution < 1.29 is 14.3 Å². The summed E-state index contributed by atoms with van der Waals surface area (Å²) in [6.07, 6.45) is 4.52. The molecular weight excluding hydrogens is 308 g/mol. The van der Waals surface area contributed by atoms with E-state index in [-0.39, 0.29) is 11.9 Å². The van der Waals surface area contributed by atoms with Gasteiger partial charge >= 0.3 is 5.97 Å². The van der Waals surface area contributed by atoms with E-state index in [1.54, 1.807) is 24.0 Å². The van der Waals surface area contributed by atoms with Crippen LogP contribution in [0.1, 0.15) is 16.8 Å². The van der Waals surface area contributed by atoms with Crippen molar-refractivity contribution in [3.63, 3.8) is 0 Å². The van der Waals surface area contributed by atoms with Crippen LogP contribution in [0.4, 0.5) is 0 Å². The van der Waals surface area contributed by atoms with Crippen LogP contribution in [0, 0.1) is 0 Å². The zero-order chi connectivity index (χ0) is 15.2. The van der Waals surface area contributed by atoms with Gasteiger partial charge in [0.05, 0.1) is 18.4 Å². The molecule has 0 radical (unpaired) electrons. The van der Waals surface area contributed by atoms with E-state index in [0.717, 1.165) is 18.0 Å². The summed E-state index contributed by atoms with van der Waals surface area (Å²) in [6.45, 7) is 1.39. The van der Waals surface area contributed by atoms with Crippen LogP contribution in [-0.2, 0) is 9.53 Å². The standard InChI is InChI=1S/C14H18N2O3S2/c1-19-12(17)9-21-10-5-7-16(8-10)14(18)11-4-3-6-15-13(11)20-2/h3-4,6,10H,5,7-9H2,1-2H3/t10-/m0/s1. The molecular formula is C14H18N2O3S2. The number of methoxy groups -OCH3 is 1. The average molecular weight is 326 g/mol. The molecule has 1 aromatic heterocycles. The molecule has 1 saturated heterocycles. The average Bonchev–Trinajstić information content (AvgIpc) is 3.00. The summed E-state index contributed by atoms with van der Waals surface area (Å²) in [5.41, 5.74) is 0.656. The van der Waals surface area contributed by atoms with E-state index >= 15 is 0 Å². The van der Waals surface area contributed by atoms with Crippen molar-refractivity contribution in [1.29, 1.82) is 0 Å². The maximum Gasteiger partial charge on any atom is 0.315 e. The Hall–Kier alpha value is -1.21. The zero-order valence-corrected chi connectivity index (χ0v) is 13.7. The van der Waals surface area contributed by atoms with E-state index in [9.17, 15) is 9.59 Å². The maximum absolute atomic E-state index is 12.5. The minimum absolute atomic E-state index is 0.0219. The predicted molar refractivity (Wildman–Crippen MR) is 84.8 cm³/mol. The Balaban J connectivity index is 1.94. The molecule has 0 aliphatic carbocycles. The van der Waals surface area contributed by atoms with E-state index in [1.165, 1.54) is 18.9 Å². The van der Waals surface area contributed by atoms with Crippen LogP contribution in [0.3, 0.4) is 0 Å². The molecule has 0 unspecified atom stereocenters. The van der Waals surface area contributed by atoms with E-state index in [4.69, 9.17) is 0 Å². The van der Waals surface area contributed by atoms with Gasteiger partial charge in [-0.15, -0.1) is 23.5 Å². The molecule has 2 heterocycles. The Morgan fingerprint density at radius 2 is 2.33 bits per heavy atom. The fourth-order valence-corrected chi connectivity index (χ4v) is 3.77. The highest BCUT2D eigenvalue weighted by molar-refractivity contribution is 8.00. The molecule has 5 nitrogen and oxygen atoms in total. The van der Waals surface area contributed by atoms with Crippen molar-refractivity contribution in [2.75, 3.05) is 32.2 Å². The Morgan fingerprint density at radius 1 is 1.52 bits per heavy atom. The number of amides is 1. The van der Waals surface area contributed by atoms with Crippen molar-refractivity contribution in [3.05, 3.63) is 23.9 Å². The summed E-state index contributed by atoms with van der Waals surface area (Å²) >= 11 is 3.03. The lowest BCUT2D eigenvalue weighted by Crippen LogP contribution is -2.29. The van der Waals surface area contributed by atoms with Gasteiger partial charge in [-0.3, -0.25) is 9.59 Å². The summed E-state index contributed by atoms with van der Waals surface area (Å²) in [5, 5.41) is 1.05. The minimum atomic E-state index is -0.221. The molecule has 0 aromatic carbocycles. The number of ether oxygens (including phenoxy) is 1. The molecule has 0 N–H and O–H groups in total. The SMILES string of the molecule is COC(=O)CS[C@H]1CCN(C(=O)c2cccnc2SC)C1. The number of thioether (sulfide) groups is 2. The van der Waals surface area contributed by atoms with Gasteiger partial charge in [0.2, 0.25) is 0 Å². The van der Waals surface area contributed by atoms with Crippen LogP contribution in [0.2, 0.25) is 0 Å². The molecule has 0 spiro atoms. The molecule has 0 saturated carbocycles. The quantitative estimate of drug-likeness (QED) is 0.609. The number of hydrogen-bond donors (Lipinski definition) is 0. The topological polar surface area (TPSA) is 59.5 Å². The summed E-state index contributed by atoms with van der Waals surface area (Å²) in [5.74, 6) is 0.141. The zero-order valence-electron chi connectivity index (χ0n) is 12.1. The van der Waals surface area contributed by atoms with E-state index < -0.39 is 0 Å². The van der Waals surface area contributed by atoms with Crippen LogP contribution in [0.15, 0.2) is 23.4 Å². The third-order valence-corrected chi connectivity index (χ3v) is 5.26. The molecule has 21 heavy (non-hydrogen) atoms. The van der Waals surface area contributed by atoms with Crippen LogP contribution < -0.4 is 0 Å². The van der Waals surface area contributed by atoms with Crippen molar-refractivity contribution in [1.82, 2.24) is 9.88 Å². The second-order valence-corrected chi connectivity index (χ2v) is 6.69. The molecule has 1 aromatic rings.